The lowest BCUT2D eigenvalue weighted by Gasteiger charge is -2.30. The molecule has 0 bridgehead atoms. The van der Waals surface area contributed by atoms with Crippen molar-refractivity contribution in [3.63, 3.8) is 0 Å². The second kappa shape index (κ2) is 8.01. The molecule has 154 valence electrons. The molecule has 0 aliphatic carbocycles. The highest BCUT2D eigenvalue weighted by Crippen LogP contribution is 2.38. The number of hydroxylamine groups is 2. The fourth-order valence-electron chi connectivity index (χ4n) is 3.41. The molecule has 2 aromatic heterocycles. The summed E-state index contributed by atoms with van der Waals surface area (Å²) in [5.41, 5.74) is 1.61. The van der Waals surface area contributed by atoms with Crippen LogP contribution in [0.4, 0.5) is 5.82 Å². The molecule has 30 heavy (non-hydrogen) atoms. The highest BCUT2D eigenvalue weighted by Gasteiger charge is 2.41. The van der Waals surface area contributed by atoms with Crippen molar-refractivity contribution in [2.75, 3.05) is 11.4 Å². The number of carbonyl (C=O) groups excluding carboxylic acids is 2. The number of halogens is 1. The van der Waals surface area contributed by atoms with Gasteiger partial charge in [0, 0.05) is 23.4 Å². The fourth-order valence-corrected chi connectivity index (χ4v) is 3.55. The number of benzene rings is 1. The molecule has 0 saturated carbocycles. The maximum Gasteiger partial charge on any atom is 0.262 e. The van der Waals surface area contributed by atoms with Crippen molar-refractivity contribution < 1.29 is 14.4 Å². The first-order chi connectivity index (χ1) is 14.3. The van der Waals surface area contributed by atoms with E-state index in [0.717, 1.165) is 5.39 Å². The maximum atomic E-state index is 13.2. The van der Waals surface area contributed by atoms with E-state index in [9.17, 15) is 9.59 Å². The minimum absolute atomic E-state index is 0.194. The third-order valence-electron chi connectivity index (χ3n) is 4.77. The number of amides is 2. The van der Waals surface area contributed by atoms with Crippen LogP contribution >= 0.6 is 11.6 Å². The maximum absolute atomic E-state index is 13.2. The van der Waals surface area contributed by atoms with E-state index in [0.29, 0.717) is 34.3 Å². The van der Waals surface area contributed by atoms with E-state index in [1.165, 1.54) is 16.9 Å². The van der Waals surface area contributed by atoms with Gasteiger partial charge in [-0.25, -0.2) is 19.9 Å². The van der Waals surface area contributed by atoms with Gasteiger partial charge in [-0.05, 0) is 36.2 Å². The Bertz CT molecular complexity index is 1130. The lowest BCUT2D eigenvalue weighted by Crippen LogP contribution is -2.39. The van der Waals surface area contributed by atoms with Gasteiger partial charge in [0.15, 0.2) is 11.9 Å². The number of hydrogen-bond acceptors (Lipinski definition) is 5. The summed E-state index contributed by atoms with van der Waals surface area (Å²) in [6.07, 6.45) is -0.819. The lowest BCUT2D eigenvalue weighted by molar-refractivity contribution is -0.207. The molecule has 3 aromatic rings. The van der Waals surface area contributed by atoms with E-state index in [-0.39, 0.29) is 17.7 Å². The first kappa shape index (κ1) is 20.3. The molecule has 0 fully saturated rings. The summed E-state index contributed by atoms with van der Waals surface area (Å²) >= 11 is 6.01. The zero-order valence-electron chi connectivity index (χ0n) is 16.9. The molecule has 1 aliphatic heterocycles. The number of aromatic nitrogens is 2. The Morgan fingerprint density at radius 2 is 1.90 bits per heavy atom. The van der Waals surface area contributed by atoms with E-state index >= 15 is 0 Å². The van der Waals surface area contributed by atoms with E-state index in [4.69, 9.17) is 16.4 Å². The molecule has 0 N–H and O–H groups in total. The van der Waals surface area contributed by atoms with Gasteiger partial charge in [-0.3, -0.25) is 14.5 Å². The van der Waals surface area contributed by atoms with Crippen LogP contribution in [0.25, 0.3) is 11.0 Å². The molecule has 0 saturated heterocycles. The number of pyridine rings is 2. The Balaban J connectivity index is 1.78. The number of fused-ring (bicyclic) bond motifs is 2. The number of carbonyl (C=O) groups is 2. The summed E-state index contributed by atoms with van der Waals surface area (Å²) in [5.74, 6) is 0.0780. The minimum atomic E-state index is -0.819. The Morgan fingerprint density at radius 1 is 1.17 bits per heavy atom. The number of nitrogens with zero attached hydrogens (tertiary/aromatic N) is 4. The van der Waals surface area contributed by atoms with Gasteiger partial charge in [-0.15, -0.1) is 0 Å². The Hall–Kier alpha value is -3.03. The van der Waals surface area contributed by atoms with E-state index in [2.05, 4.69) is 9.97 Å². The Labute approximate surface area is 179 Å². The van der Waals surface area contributed by atoms with Crippen LogP contribution in [0.3, 0.4) is 0 Å². The van der Waals surface area contributed by atoms with Crippen molar-refractivity contribution in [1.82, 2.24) is 15.0 Å². The van der Waals surface area contributed by atoms with Gasteiger partial charge < -0.3 is 0 Å². The van der Waals surface area contributed by atoms with Crippen LogP contribution in [0.1, 0.15) is 42.9 Å². The minimum Gasteiger partial charge on any atom is -0.273 e. The van der Waals surface area contributed by atoms with Crippen LogP contribution < -0.4 is 4.90 Å². The summed E-state index contributed by atoms with van der Waals surface area (Å²) in [7, 11) is 0. The summed E-state index contributed by atoms with van der Waals surface area (Å²) in [6, 6.07) is 14.3. The molecule has 4 rings (SSSR count). The zero-order valence-corrected chi connectivity index (χ0v) is 17.6. The lowest BCUT2D eigenvalue weighted by atomic mass is 10.1. The molecule has 1 unspecified atom stereocenters. The van der Waals surface area contributed by atoms with Crippen molar-refractivity contribution in [2.45, 2.75) is 27.0 Å². The molecule has 7 nitrogen and oxygen atoms in total. The molecule has 1 atom stereocenters. The molecular formula is C22H21ClN4O3. The molecule has 2 amide bonds. The van der Waals surface area contributed by atoms with Crippen LogP contribution in [0.2, 0.25) is 5.15 Å². The van der Waals surface area contributed by atoms with Crippen molar-refractivity contribution in [1.29, 1.82) is 0 Å². The van der Waals surface area contributed by atoms with Crippen molar-refractivity contribution >= 4 is 40.3 Å². The molecule has 8 heteroatoms. The molecule has 0 radical (unpaired) electrons. The molecule has 1 aromatic carbocycles. The zero-order chi connectivity index (χ0) is 21.4. The van der Waals surface area contributed by atoms with Crippen molar-refractivity contribution in [3.05, 3.63) is 64.8 Å². The third kappa shape index (κ3) is 3.74. The van der Waals surface area contributed by atoms with Gasteiger partial charge in [-0.2, -0.15) is 0 Å². The van der Waals surface area contributed by atoms with Crippen LogP contribution in [0, 0.1) is 5.92 Å². The summed E-state index contributed by atoms with van der Waals surface area (Å²) < 4.78 is 0. The first-order valence-electron chi connectivity index (χ1n) is 9.66. The van der Waals surface area contributed by atoms with Gasteiger partial charge in [0.1, 0.15) is 11.0 Å². The van der Waals surface area contributed by atoms with Crippen LogP contribution in [-0.4, -0.2) is 33.4 Å². The van der Waals surface area contributed by atoms with E-state index in [1.54, 1.807) is 24.3 Å². The third-order valence-corrected chi connectivity index (χ3v) is 4.98. The van der Waals surface area contributed by atoms with Gasteiger partial charge in [-0.1, -0.05) is 43.6 Å². The van der Waals surface area contributed by atoms with E-state index in [1.807, 2.05) is 38.1 Å². The average molecular weight is 425 g/mol. The number of rotatable bonds is 5. The van der Waals surface area contributed by atoms with Crippen molar-refractivity contribution in [3.8, 4) is 0 Å². The van der Waals surface area contributed by atoms with Crippen LogP contribution in [0.15, 0.2) is 48.5 Å². The normalized spacial score (nSPS) is 15.7. The summed E-state index contributed by atoms with van der Waals surface area (Å²) in [5, 5.41) is 2.42. The van der Waals surface area contributed by atoms with Crippen molar-refractivity contribution in [2.24, 2.45) is 5.92 Å². The predicted octanol–water partition coefficient (Wildman–Crippen LogP) is 4.38. The average Bonchev–Trinajstić information content (AvgIpc) is 2.98. The molecule has 3 heterocycles. The molecular weight excluding hydrogens is 404 g/mol. The topological polar surface area (TPSA) is 75.6 Å². The SMILES string of the molecule is CC(=O)N(CC(C)C)OC1c2ccccc2C(=O)N1c1ccc2ccc(Cl)nc2n1. The number of anilines is 1. The van der Waals surface area contributed by atoms with Crippen LogP contribution in [0.5, 0.6) is 0 Å². The second-order valence-corrected chi connectivity index (χ2v) is 7.93. The monoisotopic (exact) mass is 424 g/mol. The standard InChI is InChI=1S/C22H21ClN4O3/c1-13(2)12-26(14(3)28)30-22-17-7-5-4-6-16(17)21(29)27(22)19-11-9-15-8-10-18(23)24-20(15)25-19/h4-11,13,22H,12H2,1-3H3. The molecule has 1 aliphatic rings. The Morgan fingerprint density at radius 3 is 2.63 bits per heavy atom. The van der Waals surface area contributed by atoms with Gasteiger partial charge >= 0.3 is 0 Å². The second-order valence-electron chi connectivity index (χ2n) is 7.54. The molecule has 0 spiro atoms. The van der Waals surface area contributed by atoms with Gasteiger partial charge in [0.05, 0.1) is 6.54 Å². The largest absolute Gasteiger partial charge is 0.273 e. The summed E-state index contributed by atoms with van der Waals surface area (Å²) in [4.78, 5) is 41.7. The predicted molar refractivity (Wildman–Crippen MR) is 114 cm³/mol. The van der Waals surface area contributed by atoms with Gasteiger partial charge in [0.2, 0.25) is 5.91 Å². The van der Waals surface area contributed by atoms with Crippen LogP contribution in [-0.2, 0) is 9.63 Å². The Kier molecular flexibility index (Phi) is 5.40. The quantitative estimate of drug-likeness (QED) is 0.448. The van der Waals surface area contributed by atoms with Gasteiger partial charge in [0.25, 0.3) is 5.91 Å². The number of hydrogen-bond donors (Lipinski definition) is 0. The highest BCUT2D eigenvalue weighted by atomic mass is 35.5. The first-order valence-corrected chi connectivity index (χ1v) is 10.0. The highest BCUT2D eigenvalue weighted by molar-refractivity contribution is 6.29. The van der Waals surface area contributed by atoms with E-state index < -0.39 is 6.23 Å². The smallest absolute Gasteiger partial charge is 0.262 e. The fraction of sp³-hybridized carbons (Fsp3) is 0.273. The summed E-state index contributed by atoms with van der Waals surface area (Å²) in [6.45, 7) is 5.82.